The van der Waals surface area contributed by atoms with Gasteiger partial charge in [-0.15, -0.1) is 11.8 Å². The molecule has 20 heavy (non-hydrogen) atoms. The quantitative estimate of drug-likeness (QED) is 0.797. The van der Waals surface area contributed by atoms with Crippen molar-refractivity contribution in [3.8, 4) is 6.07 Å². The molecule has 1 aromatic rings. The zero-order valence-corrected chi connectivity index (χ0v) is 13.2. The molecule has 0 amide bonds. The topological polar surface area (TPSA) is 57.9 Å². The minimum Gasteiger partial charge on any atom is -0.224 e. The molecule has 1 aromatic carbocycles. The maximum atomic E-state index is 11.4. The SMILES string of the molecule is CS(=O)(=O)c1ccc(S[C@@H](C#N)C2CCCCC2)cc1. The molecule has 0 saturated heterocycles. The van der Waals surface area contributed by atoms with Crippen molar-refractivity contribution in [3.63, 3.8) is 0 Å². The molecule has 0 radical (unpaired) electrons. The Kier molecular flexibility index (Phi) is 5.11. The molecular formula is C15H19NO2S2. The predicted molar refractivity (Wildman–Crippen MR) is 81.4 cm³/mol. The molecule has 108 valence electrons. The Hall–Kier alpha value is -0.990. The van der Waals surface area contributed by atoms with Gasteiger partial charge < -0.3 is 0 Å². The van der Waals surface area contributed by atoms with Crippen LogP contribution >= 0.6 is 11.8 Å². The molecule has 0 unspecified atom stereocenters. The maximum absolute atomic E-state index is 11.4. The Morgan fingerprint density at radius 3 is 2.30 bits per heavy atom. The summed E-state index contributed by atoms with van der Waals surface area (Å²) < 4.78 is 22.8. The van der Waals surface area contributed by atoms with E-state index in [0.717, 1.165) is 17.7 Å². The van der Waals surface area contributed by atoms with Crippen molar-refractivity contribution in [3.05, 3.63) is 24.3 Å². The van der Waals surface area contributed by atoms with Crippen molar-refractivity contribution >= 4 is 21.6 Å². The molecule has 0 aliphatic heterocycles. The molecule has 0 N–H and O–H groups in total. The van der Waals surface area contributed by atoms with E-state index in [-0.39, 0.29) is 5.25 Å². The highest BCUT2D eigenvalue weighted by atomic mass is 32.2. The third-order valence-corrected chi connectivity index (χ3v) is 6.14. The highest BCUT2D eigenvalue weighted by molar-refractivity contribution is 8.00. The summed E-state index contributed by atoms with van der Waals surface area (Å²) in [6.45, 7) is 0. The average molecular weight is 309 g/mol. The number of thioether (sulfide) groups is 1. The standard InChI is InChI=1S/C15H19NO2S2/c1-20(17,18)14-9-7-13(8-10-14)19-15(11-16)12-5-3-2-4-6-12/h7-10,12,15H,2-6H2,1H3/t15-/m0/s1. The lowest BCUT2D eigenvalue weighted by Crippen LogP contribution is -2.18. The highest BCUT2D eigenvalue weighted by Gasteiger charge is 2.24. The summed E-state index contributed by atoms with van der Waals surface area (Å²) >= 11 is 1.56. The highest BCUT2D eigenvalue weighted by Crippen LogP contribution is 2.36. The first-order valence-corrected chi connectivity index (χ1v) is 9.64. The Labute approximate surface area is 125 Å². The number of nitriles is 1. The van der Waals surface area contributed by atoms with E-state index in [4.69, 9.17) is 0 Å². The van der Waals surface area contributed by atoms with Crippen LogP contribution in [-0.2, 0) is 9.84 Å². The van der Waals surface area contributed by atoms with Crippen molar-refractivity contribution in [2.75, 3.05) is 6.26 Å². The molecule has 2 rings (SSSR count). The molecule has 1 fully saturated rings. The maximum Gasteiger partial charge on any atom is 0.175 e. The number of nitrogens with zero attached hydrogens (tertiary/aromatic N) is 1. The molecule has 1 aliphatic rings. The summed E-state index contributed by atoms with van der Waals surface area (Å²) in [4.78, 5) is 1.29. The zero-order valence-electron chi connectivity index (χ0n) is 11.6. The van der Waals surface area contributed by atoms with Crippen LogP contribution in [0.5, 0.6) is 0 Å². The average Bonchev–Trinajstić information content (AvgIpc) is 2.45. The minimum absolute atomic E-state index is 0.0283. The summed E-state index contributed by atoms with van der Waals surface area (Å²) in [6.07, 6.45) is 7.18. The van der Waals surface area contributed by atoms with Crippen molar-refractivity contribution in [2.45, 2.75) is 47.1 Å². The van der Waals surface area contributed by atoms with E-state index in [0.29, 0.717) is 10.8 Å². The van der Waals surface area contributed by atoms with Crippen LogP contribution in [0.3, 0.4) is 0 Å². The van der Waals surface area contributed by atoms with Gasteiger partial charge in [0.1, 0.15) is 0 Å². The molecule has 1 aliphatic carbocycles. The Morgan fingerprint density at radius 1 is 1.20 bits per heavy atom. The molecule has 3 nitrogen and oxygen atoms in total. The first-order chi connectivity index (χ1) is 9.50. The van der Waals surface area contributed by atoms with Gasteiger partial charge in [0.2, 0.25) is 0 Å². The fourth-order valence-corrected chi connectivity index (χ4v) is 4.31. The Morgan fingerprint density at radius 2 is 1.80 bits per heavy atom. The van der Waals surface area contributed by atoms with Crippen molar-refractivity contribution in [2.24, 2.45) is 5.92 Å². The van der Waals surface area contributed by atoms with Crippen LogP contribution < -0.4 is 0 Å². The number of hydrogen-bond donors (Lipinski definition) is 0. The fourth-order valence-electron chi connectivity index (χ4n) is 2.58. The van der Waals surface area contributed by atoms with Gasteiger partial charge in [-0.05, 0) is 43.0 Å². The summed E-state index contributed by atoms with van der Waals surface area (Å²) in [5.74, 6) is 0.466. The van der Waals surface area contributed by atoms with Gasteiger partial charge in [0, 0.05) is 11.2 Å². The van der Waals surface area contributed by atoms with Crippen LogP contribution in [0.2, 0.25) is 0 Å². The third kappa shape index (κ3) is 4.00. The molecular weight excluding hydrogens is 290 g/mol. The van der Waals surface area contributed by atoms with Gasteiger partial charge in [0.15, 0.2) is 9.84 Å². The molecule has 1 atom stereocenters. The summed E-state index contributed by atoms with van der Waals surface area (Å²) in [6, 6.07) is 9.25. The monoisotopic (exact) mass is 309 g/mol. The Balaban J connectivity index is 2.06. The normalized spacial score (nSPS) is 18.4. The molecule has 0 aromatic heterocycles. The van der Waals surface area contributed by atoms with Crippen molar-refractivity contribution < 1.29 is 8.42 Å². The number of benzene rings is 1. The van der Waals surface area contributed by atoms with E-state index in [1.54, 1.807) is 36.0 Å². The second-order valence-corrected chi connectivity index (χ2v) is 8.54. The smallest absolute Gasteiger partial charge is 0.175 e. The fraction of sp³-hybridized carbons (Fsp3) is 0.533. The van der Waals surface area contributed by atoms with Gasteiger partial charge in [-0.25, -0.2) is 8.42 Å². The van der Waals surface area contributed by atoms with Crippen LogP contribution in [-0.4, -0.2) is 19.9 Å². The van der Waals surface area contributed by atoms with Gasteiger partial charge in [-0.3, -0.25) is 0 Å². The van der Waals surface area contributed by atoms with Crippen molar-refractivity contribution in [1.82, 2.24) is 0 Å². The van der Waals surface area contributed by atoms with Gasteiger partial charge in [0.25, 0.3) is 0 Å². The lowest BCUT2D eigenvalue weighted by atomic mass is 9.87. The molecule has 0 heterocycles. The zero-order chi connectivity index (χ0) is 14.6. The summed E-state index contributed by atoms with van der Waals surface area (Å²) in [7, 11) is -3.15. The van der Waals surface area contributed by atoms with Crippen LogP contribution in [0.25, 0.3) is 0 Å². The predicted octanol–water partition coefficient (Wildman–Crippen LogP) is 3.65. The van der Waals surface area contributed by atoms with E-state index in [1.807, 2.05) is 0 Å². The van der Waals surface area contributed by atoms with E-state index in [1.165, 1.54) is 25.5 Å². The first-order valence-electron chi connectivity index (χ1n) is 6.87. The van der Waals surface area contributed by atoms with E-state index >= 15 is 0 Å². The van der Waals surface area contributed by atoms with Crippen molar-refractivity contribution in [1.29, 1.82) is 5.26 Å². The van der Waals surface area contributed by atoms with E-state index < -0.39 is 9.84 Å². The number of sulfone groups is 1. The van der Waals surface area contributed by atoms with E-state index in [2.05, 4.69) is 6.07 Å². The van der Waals surface area contributed by atoms with Gasteiger partial charge in [-0.1, -0.05) is 19.3 Å². The summed E-state index contributed by atoms with van der Waals surface area (Å²) in [5, 5.41) is 9.33. The summed E-state index contributed by atoms with van der Waals surface area (Å²) in [5.41, 5.74) is 0. The van der Waals surface area contributed by atoms with Gasteiger partial charge in [-0.2, -0.15) is 5.26 Å². The third-order valence-electron chi connectivity index (χ3n) is 3.72. The molecule has 5 heteroatoms. The van der Waals surface area contributed by atoms with Gasteiger partial charge >= 0.3 is 0 Å². The van der Waals surface area contributed by atoms with Crippen LogP contribution in [0, 0.1) is 17.2 Å². The second-order valence-electron chi connectivity index (χ2n) is 5.31. The van der Waals surface area contributed by atoms with Crippen LogP contribution in [0.15, 0.2) is 34.1 Å². The minimum atomic E-state index is -3.15. The molecule has 0 spiro atoms. The first kappa shape index (κ1) is 15.4. The lowest BCUT2D eigenvalue weighted by molar-refractivity contribution is 0.370. The number of hydrogen-bond acceptors (Lipinski definition) is 4. The molecule has 1 saturated carbocycles. The van der Waals surface area contributed by atoms with Gasteiger partial charge in [0.05, 0.1) is 16.2 Å². The largest absolute Gasteiger partial charge is 0.224 e. The van der Waals surface area contributed by atoms with E-state index in [9.17, 15) is 13.7 Å². The van der Waals surface area contributed by atoms with Crippen LogP contribution in [0.4, 0.5) is 0 Å². The number of rotatable bonds is 4. The lowest BCUT2D eigenvalue weighted by Gasteiger charge is -2.25. The second kappa shape index (κ2) is 6.64. The van der Waals surface area contributed by atoms with Crippen LogP contribution in [0.1, 0.15) is 32.1 Å². The Bertz CT molecular complexity index is 581. The molecule has 0 bridgehead atoms.